The maximum atomic E-state index is 12.6. The Morgan fingerprint density at radius 2 is 1.37 bits per heavy atom. The van der Waals surface area contributed by atoms with E-state index in [9.17, 15) is 24.6 Å². The molecule has 160 valence electrons. The van der Waals surface area contributed by atoms with Gasteiger partial charge in [0.25, 0.3) is 0 Å². The van der Waals surface area contributed by atoms with E-state index >= 15 is 0 Å². The minimum absolute atomic E-state index is 0.0654. The monoisotopic (exact) mass is 413 g/mol. The summed E-state index contributed by atoms with van der Waals surface area (Å²) in [6, 6.07) is 14.5. The van der Waals surface area contributed by atoms with E-state index in [0.29, 0.717) is 0 Å². The highest BCUT2D eigenvalue weighted by Crippen LogP contribution is 2.06. The first-order valence-corrected chi connectivity index (χ1v) is 9.63. The van der Waals surface area contributed by atoms with Gasteiger partial charge in [0.1, 0.15) is 12.1 Å². The van der Waals surface area contributed by atoms with E-state index in [4.69, 9.17) is 5.73 Å². The van der Waals surface area contributed by atoms with Crippen LogP contribution in [0.4, 0.5) is 0 Å². The summed E-state index contributed by atoms with van der Waals surface area (Å²) in [4.78, 5) is 36.6. The first kappa shape index (κ1) is 23.1. The first-order valence-electron chi connectivity index (χ1n) is 9.63. The number of carboxylic acid groups (broad SMARTS) is 1. The van der Waals surface area contributed by atoms with Gasteiger partial charge in [0.15, 0.2) is 0 Å². The molecule has 30 heavy (non-hydrogen) atoms. The molecule has 0 aliphatic carbocycles. The van der Waals surface area contributed by atoms with Crippen LogP contribution >= 0.6 is 0 Å². The Bertz CT molecular complexity index is 842. The van der Waals surface area contributed by atoms with Crippen molar-refractivity contribution in [3.05, 3.63) is 71.8 Å². The minimum Gasteiger partial charge on any atom is -0.480 e. The molecule has 2 aromatic rings. The van der Waals surface area contributed by atoms with Crippen molar-refractivity contribution in [2.75, 3.05) is 0 Å². The number of rotatable bonds is 10. The molecule has 0 aliphatic rings. The van der Waals surface area contributed by atoms with Gasteiger partial charge in [-0.25, -0.2) is 4.79 Å². The van der Waals surface area contributed by atoms with Crippen molar-refractivity contribution in [2.24, 2.45) is 5.73 Å². The molecule has 0 heterocycles. The van der Waals surface area contributed by atoms with Gasteiger partial charge in [0.05, 0.1) is 12.1 Å². The summed E-state index contributed by atoms with van der Waals surface area (Å²) in [5, 5.41) is 24.2. The van der Waals surface area contributed by atoms with Crippen LogP contribution in [0.15, 0.2) is 60.7 Å². The predicted molar refractivity (Wildman–Crippen MR) is 111 cm³/mol. The number of aliphatic hydroxyl groups is 1. The maximum Gasteiger partial charge on any atom is 0.326 e. The van der Waals surface area contributed by atoms with Crippen molar-refractivity contribution in [1.29, 1.82) is 0 Å². The number of benzene rings is 2. The predicted octanol–water partition coefficient (Wildman–Crippen LogP) is 0.234. The van der Waals surface area contributed by atoms with Crippen LogP contribution in [0.2, 0.25) is 0 Å². The van der Waals surface area contributed by atoms with Crippen molar-refractivity contribution in [3.8, 4) is 0 Å². The van der Waals surface area contributed by atoms with E-state index in [1.807, 2.05) is 30.3 Å². The Morgan fingerprint density at radius 3 is 1.83 bits per heavy atom. The van der Waals surface area contributed by atoms with Crippen LogP contribution in [0.3, 0.4) is 0 Å². The number of nitrogens with two attached hydrogens (primary N) is 1. The molecule has 0 saturated heterocycles. The van der Waals surface area contributed by atoms with Crippen molar-refractivity contribution in [2.45, 2.75) is 44.0 Å². The Labute approximate surface area is 175 Å². The van der Waals surface area contributed by atoms with Gasteiger partial charge in [-0.3, -0.25) is 9.59 Å². The average molecular weight is 413 g/mol. The van der Waals surface area contributed by atoms with E-state index in [1.165, 1.54) is 6.92 Å². The van der Waals surface area contributed by atoms with Gasteiger partial charge in [-0.2, -0.15) is 0 Å². The van der Waals surface area contributed by atoms with Gasteiger partial charge in [-0.05, 0) is 24.5 Å². The van der Waals surface area contributed by atoms with Crippen molar-refractivity contribution in [3.63, 3.8) is 0 Å². The third-order valence-corrected chi connectivity index (χ3v) is 4.60. The average Bonchev–Trinajstić information content (AvgIpc) is 2.72. The molecule has 0 saturated carbocycles. The Kier molecular flexibility index (Phi) is 8.52. The molecule has 0 radical (unpaired) electrons. The van der Waals surface area contributed by atoms with Gasteiger partial charge in [-0.1, -0.05) is 60.7 Å². The smallest absolute Gasteiger partial charge is 0.326 e. The third kappa shape index (κ3) is 6.98. The number of carbonyl (C=O) groups is 3. The maximum absolute atomic E-state index is 12.6. The van der Waals surface area contributed by atoms with E-state index in [1.54, 1.807) is 30.3 Å². The molecule has 8 heteroatoms. The Balaban J connectivity index is 2.01. The largest absolute Gasteiger partial charge is 0.480 e. The zero-order valence-electron chi connectivity index (χ0n) is 16.7. The van der Waals surface area contributed by atoms with E-state index < -0.39 is 42.0 Å². The molecule has 4 unspecified atom stereocenters. The molecular formula is C22H27N3O5. The minimum atomic E-state index is -1.34. The van der Waals surface area contributed by atoms with Crippen LogP contribution < -0.4 is 16.4 Å². The number of amides is 2. The van der Waals surface area contributed by atoms with Crippen LogP contribution in [0.5, 0.6) is 0 Å². The fourth-order valence-corrected chi connectivity index (χ4v) is 2.94. The lowest BCUT2D eigenvalue weighted by molar-refractivity contribution is -0.142. The molecule has 2 aromatic carbocycles. The number of hydrogen-bond donors (Lipinski definition) is 5. The number of aliphatic carboxylic acids is 1. The molecule has 0 spiro atoms. The lowest BCUT2D eigenvalue weighted by atomic mass is 10.0. The van der Waals surface area contributed by atoms with Crippen LogP contribution in [0.25, 0.3) is 0 Å². The molecule has 0 aromatic heterocycles. The second kappa shape index (κ2) is 11.1. The van der Waals surface area contributed by atoms with Gasteiger partial charge in [0.2, 0.25) is 11.8 Å². The number of hydrogen-bond acceptors (Lipinski definition) is 5. The summed E-state index contributed by atoms with van der Waals surface area (Å²) in [5.74, 6) is -2.63. The second-order valence-corrected chi connectivity index (χ2v) is 7.11. The lowest BCUT2D eigenvalue weighted by Crippen LogP contribution is -2.58. The SMILES string of the molecule is CC(O)C(NC(=O)C(N)Cc1ccccc1)C(=O)NC(Cc1ccccc1)C(=O)O. The van der Waals surface area contributed by atoms with E-state index in [2.05, 4.69) is 10.6 Å². The van der Waals surface area contributed by atoms with Crippen LogP contribution in [0, 0.1) is 0 Å². The summed E-state index contributed by atoms with van der Waals surface area (Å²) < 4.78 is 0. The number of nitrogens with one attached hydrogen (secondary N) is 2. The molecular weight excluding hydrogens is 386 g/mol. The van der Waals surface area contributed by atoms with Gasteiger partial charge in [-0.15, -0.1) is 0 Å². The topological polar surface area (TPSA) is 142 Å². The molecule has 8 nitrogen and oxygen atoms in total. The Morgan fingerprint density at radius 1 is 0.867 bits per heavy atom. The normalized spacial score (nSPS) is 14.8. The summed E-state index contributed by atoms with van der Waals surface area (Å²) in [6.07, 6.45) is -0.924. The van der Waals surface area contributed by atoms with Crippen molar-refractivity contribution in [1.82, 2.24) is 10.6 Å². The fraction of sp³-hybridized carbons (Fsp3) is 0.318. The molecule has 0 bridgehead atoms. The van der Waals surface area contributed by atoms with Crippen LogP contribution in [0.1, 0.15) is 18.1 Å². The summed E-state index contributed by atoms with van der Waals surface area (Å²) in [6.45, 7) is 1.33. The fourth-order valence-electron chi connectivity index (χ4n) is 2.94. The highest BCUT2D eigenvalue weighted by Gasteiger charge is 2.31. The van der Waals surface area contributed by atoms with Gasteiger partial charge < -0.3 is 26.6 Å². The molecule has 2 rings (SSSR count). The van der Waals surface area contributed by atoms with E-state index in [-0.39, 0.29) is 12.8 Å². The zero-order valence-corrected chi connectivity index (χ0v) is 16.7. The van der Waals surface area contributed by atoms with Crippen molar-refractivity contribution >= 4 is 17.8 Å². The standard InChI is InChI=1S/C22H27N3O5/c1-14(26)19(25-20(27)17(23)12-15-8-4-2-5-9-15)21(28)24-18(22(29)30)13-16-10-6-3-7-11-16/h2-11,14,17-19,26H,12-13,23H2,1H3,(H,24,28)(H,25,27)(H,29,30). The Hall–Kier alpha value is -3.23. The molecule has 0 aliphatic heterocycles. The quantitative estimate of drug-likeness (QED) is 0.378. The second-order valence-electron chi connectivity index (χ2n) is 7.11. The van der Waals surface area contributed by atoms with Gasteiger partial charge >= 0.3 is 5.97 Å². The van der Waals surface area contributed by atoms with Crippen LogP contribution in [-0.4, -0.2) is 52.2 Å². The number of carbonyl (C=O) groups excluding carboxylic acids is 2. The van der Waals surface area contributed by atoms with Crippen LogP contribution in [-0.2, 0) is 27.2 Å². The molecule has 4 atom stereocenters. The zero-order chi connectivity index (χ0) is 22.1. The highest BCUT2D eigenvalue weighted by molar-refractivity contribution is 5.92. The summed E-state index contributed by atoms with van der Waals surface area (Å²) >= 11 is 0. The highest BCUT2D eigenvalue weighted by atomic mass is 16.4. The lowest BCUT2D eigenvalue weighted by Gasteiger charge is -2.24. The first-order chi connectivity index (χ1) is 14.3. The summed E-state index contributed by atoms with van der Waals surface area (Å²) in [7, 11) is 0. The molecule has 0 fully saturated rings. The number of carboxylic acids is 1. The van der Waals surface area contributed by atoms with Crippen molar-refractivity contribution < 1.29 is 24.6 Å². The van der Waals surface area contributed by atoms with E-state index in [0.717, 1.165) is 11.1 Å². The third-order valence-electron chi connectivity index (χ3n) is 4.60. The van der Waals surface area contributed by atoms with Gasteiger partial charge in [0, 0.05) is 6.42 Å². The summed E-state index contributed by atoms with van der Waals surface area (Å²) in [5.41, 5.74) is 7.51. The molecule has 6 N–H and O–H groups in total. The number of aliphatic hydroxyl groups excluding tert-OH is 1. The molecule has 2 amide bonds.